The van der Waals surface area contributed by atoms with Crippen LogP contribution in [0, 0.1) is 5.92 Å². The summed E-state index contributed by atoms with van der Waals surface area (Å²) in [6, 6.07) is 1.81. The van der Waals surface area contributed by atoms with E-state index in [-0.39, 0.29) is 17.2 Å². The van der Waals surface area contributed by atoms with E-state index in [0.717, 1.165) is 36.5 Å². The zero-order valence-corrected chi connectivity index (χ0v) is 16.6. The van der Waals surface area contributed by atoms with Gasteiger partial charge in [-0.2, -0.15) is 0 Å². The van der Waals surface area contributed by atoms with Gasteiger partial charge >= 0.3 is 0 Å². The van der Waals surface area contributed by atoms with Crippen molar-refractivity contribution >= 4 is 23.2 Å². The van der Waals surface area contributed by atoms with Crippen molar-refractivity contribution in [2.24, 2.45) is 5.92 Å². The molecule has 1 amide bonds. The van der Waals surface area contributed by atoms with Crippen LogP contribution in [0.3, 0.4) is 0 Å². The van der Waals surface area contributed by atoms with Crippen molar-refractivity contribution in [1.82, 2.24) is 20.3 Å². The smallest absolute Gasteiger partial charge is 0.225 e. The Morgan fingerprint density at radius 2 is 2.12 bits per heavy atom. The minimum atomic E-state index is -0.00557. The van der Waals surface area contributed by atoms with Crippen molar-refractivity contribution < 1.29 is 4.79 Å². The molecule has 1 N–H and O–H groups in total. The van der Waals surface area contributed by atoms with Gasteiger partial charge in [-0.05, 0) is 18.9 Å². The molecule has 0 saturated carbocycles. The topological polar surface area (TPSA) is 71.0 Å². The van der Waals surface area contributed by atoms with E-state index in [1.165, 1.54) is 0 Å². The number of anilines is 1. The maximum atomic E-state index is 12.5. The summed E-state index contributed by atoms with van der Waals surface area (Å²) in [6.07, 6.45) is 6.17. The highest BCUT2D eigenvalue weighted by Crippen LogP contribution is 2.24. The SMILES string of the molecule is CC(C)(C)c1csc(CCNC(=O)[C@H]2CCCN(c3ncccn3)C2)n1. The average molecular weight is 374 g/mol. The molecule has 1 atom stereocenters. The molecule has 2 aromatic heterocycles. The molecule has 26 heavy (non-hydrogen) atoms. The van der Waals surface area contributed by atoms with Crippen LogP contribution in [0.4, 0.5) is 5.95 Å². The summed E-state index contributed by atoms with van der Waals surface area (Å²) in [5, 5.41) is 6.28. The van der Waals surface area contributed by atoms with Crippen LogP contribution in [-0.2, 0) is 16.6 Å². The minimum absolute atomic E-state index is 0.00557. The maximum Gasteiger partial charge on any atom is 0.225 e. The fraction of sp³-hybridized carbons (Fsp3) is 0.579. The van der Waals surface area contributed by atoms with E-state index >= 15 is 0 Å². The Bertz CT molecular complexity index is 725. The summed E-state index contributed by atoms with van der Waals surface area (Å²) in [5.41, 5.74) is 1.19. The number of nitrogens with one attached hydrogen (secondary N) is 1. The molecular formula is C19H27N5OS. The standard InChI is InChI=1S/C19H27N5OS/c1-19(2,3)15-13-26-16(23-15)7-10-20-17(25)14-6-4-11-24(12-14)18-21-8-5-9-22-18/h5,8-9,13-14H,4,6-7,10-12H2,1-3H3,(H,20,25)/t14-/m0/s1. The van der Waals surface area contributed by atoms with Crippen LogP contribution in [0.25, 0.3) is 0 Å². The molecule has 0 aromatic carbocycles. The molecule has 0 radical (unpaired) electrons. The zero-order valence-electron chi connectivity index (χ0n) is 15.7. The Morgan fingerprint density at radius 1 is 1.35 bits per heavy atom. The monoisotopic (exact) mass is 373 g/mol. The Balaban J connectivity index is 1.48. The van der Waals surface area contributed by atoms with Gasteiger partial charge in [-0.15, -0.1) is 11.3 Å². The summed E-state index contributed by atoms with van der Waals surface area (Å²) in [4.78, 5) is 27.9. The number of thiazole rings is 1. The van der Waals surface area contributed by atoms with Gasteiger partial charge in [0.25, 0.3) is 0 Å². The molecule has 0 unspecified atom stereocenters. The van der Waals surface area contributed by atoms with Crippen LogP contribution in [0.15, 0.2) is 23.8 Å². The number of hydrogen-bond donors (Lipinski definition) is 1. The average Bonchev–Trinajstić information content (AvgIpc) is 3.12. The normalized spacial score (nSPS) is 18.0. The highest BCUT2D eigenvalue weighted by Gasteiger charge is 2.26. The summed E-state index contributed by atoms with van der Waals surface area (Å²) in [5.74, 6) is 0.828. The lowest BCUT2D eigenvalue weighted by Crippen LogP contribution is -2.44. The van der Waals surface area contributed by atoms with Crippen LogP contribution < -0.4 is 10.2 Å². The lowest BCUT2D eigenvalue weighted by atomic mass is 9.93. The Morgan fingerprint density at radius 3 is 2.81 bits per heavy atom. The number of amides is 1. The maximum absolute atomic E-state index is 12.5. The number of carbonyl (C=O) groups is 1. The van der Waals surface area contributed by atoms with Gasteiger partial charge in [0.15, 0.2) is 0 Å². The molecule has 1 fully saturated rings. The van der Waals surface area contributed by atoms with Crippen molar-refractivity contribution in [3.8, 4) is 0 Å². The van der Waals surface area contributed by atoms with Crippen molar-refractivity contribution in [3.63, 3.8) is 0 Å². The van der Waals surface area contributed by atoms with Crippen molar-refractivity contribution in [2.75, 3.05) is 24.5 Å². The Labute approximate surface area is 159 Å². The molecule has 2 aromatic rings. The molecule has 0 bridgehead atoms. The lowest BCUT2D eigenvalue weighted by Gasteiger charge is -2.31. The quantitative estimate of drug-likeness (QED) is 0.873. The predicted molar refractivity (Wildman–Crippen MR) is 104 cm³/mol. The highest BCUT2D eigenvalue weighted by molar-refractivity contribution is 7.09. The molecule has 0 aliphatic carbocycles. The van der Waals surface area contributed by atoms with E-state index in [1.807, 2.05) is 0 Å². The van der Waals surface area contributed by atoms with Gasteiger partial charge in [-0.3, -0.25) is 4.79 Å². The number of nitrogens with zero attached hydrogens (tertiary/aromatic N) is 4. The molecule has 7 heteroatoms. The Hall–Kier alpha value is -2.02. The van der Waals surface area contributed by atoms with E-state index in [0.29, 0.717) is 19.0 Å². The van der Waals surface area contributed by atoms with Gasteiger partial charge in [0.1, 0.15) is 0 Å². The van der Waals surface area contributed by atoms with Gasteiger partial charge in [0.05, 0.1) is 16.6 Å². The fourth-order valence-electron chi connectivity index (χ4n) is 3.03. The van der Waals surface area contributed by atoms with Crippen LogP contribution >= 0.6 is 11.3 Å². The van der Waals surface area contributed by atoms with Gasteiger partial charge in [-0.1, -0.05) is 20.8 Å². The molecule has 3 rings (SSSR count). The Kier molecular flexibility index (Phi) is 5.86. The molecular weight excluding hydrogens is 346 g/mol. The van der Waals surface area contributed by atoms with E-state index in [4.69, 9.17) is 0 Å². The number of carbonyl (C=O) groups excluding carboxylic acids is 1. The molecule has 6 nitrogen and oxygen atoms in total. The second-order valence-electron chi connectivity index (χ2n) is 7.75. The summed E-state index contributed by atoms with van der Waals surface area (Å²) in [6.45, 7) is 8.72. The molecule has 1 aliphatic rings. The molecule has 3 heterocycles. The van der Waals surface area contributed by atoms with Crippen LogP contribution in [0.1, 0.15) is 44.3 Å². The minimum Gasteiger partial charge on any atom is -0.355 e. The molecule has 1 saturated heterocycles. The fourth-order valence-corrected chi connectivity index (χ4v) is 4.06. The first-order valence-corrected chi connectivity index (χ1v) is 10.1. The van der Waals surface area contributed by atoms with E-state index in [1.54, 1.807) is 29.8 Å². The predicted octanol–water partition coefficient (Wildman–Crippen LogP) is 2.81. The first-order valence-electron chi connectivity index (χ1n) is 9.18. The van der Waals surface area contributed by atoms with Crippen LogP contribution in [0.5, 0.6) is 0 Å². The second-order valence-corrected chi connectivity index (χ2v) is 8.69. The third-order valence-corrected chi connectivity index (χ3v) is 5.49. The zero-order chi connectivity index (χ0) is 18.6. The molecule has 1 aliphatic heterocycles. The molecule has 140 valence electrons. The summed E-state index contributed by atoms with van der Waals surface area (Å²) in [7, 11) is 0. The number of piperidine rings is 1. The van der Waals surface area contributed by atoms with Crippen LogP contribution in [-0.4, -0.2) is 40.5 Å². The van der Waals surface area contributed by atoms with E-state index in [2.05, 4.69) is 51.3 Å². The van der Waals surface area contributed by atoms with Crippen molar-refractivity contribution in [2.45, 2.75) is 45.4 Å². The number of rotatable bonds is 5. The summed E-state index contributed by atoms with van der Waals surface area (Å²) < 4.78 is 0. The first-order chi connectivity index (χ1) is 12.4. The second kappa shape index (κ2) is 8.12. The van der Waals surface area contributed by atoms with E-state index < -0.39 is 0 Å². The van der Waals surface area contributed by atoms with Crippen molar-refractivity contribution in [3.05, 3.63) is 34.5 Å². The third-order valence-electron chi connectivity index (χ3n) is 4.59. The van der Waals surface area contributed by atoms with Crippen LogP contribution in [0.2, 0.25) is 0 Å². The third kappa shape index (κ3) is 4.78. The van der Waals surface area contributed by atoms with Gasteiger partial charge < -0.3 is 10.2 Å². The highest BCUT2D eigenvalue weighted by atomic mass is 32.1. The first kappa shape index (κ1) is 18.8. The molecule has 0 spiro atoms. The van der Waals surface area contributed by atoms with Crippen molar-refractivity contribution in [1.29, 1.82) is 0 Å². The largest absolute Gasteiger partial charge is 0.355 e. The number of aromatic nitrogens is 3. The van der Waals surface area contributed by atoms with E-state index in [9.17, 15) is 4.79 Å². The van der Waals surface area contributed by atoms with Gasteiger partial charge in [0.2, 0.25) is 11.9 Å². The lowest BCUT2D eigenvalue weighted by molar-refractivity contribution is -0.125. The van der Waals surface area contributed by atoms with Gasteiger partial charge in [0, 0.05) is 49.2 Å². The summed E-state index contributed by atoms with van der Waals surface area (Å²) >= 11 is 1.67. The van der Waals surface area contributed by atoms with Gasteiger partial charge in [-0.25, -0.2) is 15.0 Å². The number of hydrogen-bond acceptors (Lipinski definition) is 6.